The zero-order chi connectivity index (χ0) is 15.1. The molecule has 1 aliphatic rings. The number of aryl methyl sites for hydroxylation is 1. The minimum Gasteiger partial charge on any atom is -0.319 e. The van der Waals surface area contributed by atoms with Crippen molar-refractivity contribution in [2.75, 3.05) is 5.32 Å². The average Bonchev–Trinajstić information content (AvgIpc) is 3.23. The maximum atomic E-state index is 12.4. The highest BCUT2D eigenvalue weighted by Crippen LogP contribution is 2.40. The second-order valence-electron chi connectivity index (χ2n) is 5.71. The number of aromatic nitrogens is 4. The number of carbonyl (C=O) groups is 1. The Kier molecular flexibility index (Phi) is 2.89. The lowest BCUT2D eigenvalue weighted by atomic mass is 10.1. The van der Waals surface area contributed by atoms with Crippen LogP contribution in [0.25, 0.3) is 10.9 Å². The molecule has 1 fully saturated rings. The normalized spacial score (nSPS) is 14.2. The molecule has 2 heterocycles. The lowest BCUT2D eigenvalue weighted by Gasteiger charge is -2.06. The number of rotatable bonds is 3. The smallest absolute Gasteiger partial charge is 0.278 e. The van der Waals surface area contributed by atoms with Crippen LogP contribution in [0.3, 0.4) is 0 Å². The minimum absolute atomic E-state index is 0.246. The summed E-state index contributed by atoms with van der Waals surface area (Å²) >= 11 is 0. The highest BCUT2D eigenvalue weighted by atomic mass is 16.2. The van der Waals surface area contributed by atoms with E-state index in [0.717, 1.165) is 35.0 Å². The quantitative estimate of drug-likeness (QED) is 0.777. The number of H-pyrrole nitrogens is 1. The summed E-state index contributed by atoms with van der Waals surface area (Å²) in [7, 11) is 0. The number of pyridine rings is 1. The molecule has 0 radical (unpaired) electrons. The summed E-state index contributed by atoms with van der Waals surface area (Å²) in [5, 5.41) is 14.5. The van der Waals surface area contributed by atoms with Crippen LogP contribution in [0.4, 0.5) is 5.69 Å². The lowest BCUT2D eigenvalue weighted by Crippen LogP contribution is -2.14. The number of anilines is 1. The van der Waals surface area contributed by atoms with Gasteiger partial charge >= 0.3 is 0 Å². The van der Waals surface area contributed by atoms with Crippen LogP contribution in [0.15, 0.2) is 30.5 Å². The number of nitrogens with zero attached hydrogens (tertiary/aromatic N) is 3. The first-order chi connectivity index (χ1) is 10.7. The van der Waals surface area contributed by atoms with Crippen molar-refractivity contribution in [2.45, 2.75) is 25.7 Å². The van der Waals surface area contributed by atoms with E-state index in [0.29, 0.717) is 17.3 Å². The van der Waals surface area contributed by atoms with Gasteiger partial charge in [0.2, 0.25) is 0 Å². The van der Waals surface area contributed by atoms with Gasteiger partial charge in [-0.15, -0.1) is 0 Å². The Morgan fingerprint density at radius 3 is 2.95 bits per heavy atom. The van der Waals surface area contributed by atoms with Crippen molar-refractivity contribution in [1.29, 1.82) is 0 Å². The Labute approximate surface area is 127 Å². The molecule has 22 heavy (non-hydrogen) atoms. The van der Waals surface area contributed by atoms with Gasteiger partial charge in [0.15, 0.2) is 5.69 Å². The molecule has 1 amide bonds. The summed E-state index contributed by atoms with van der Waals surface area (Å²) in [5.74, 6) is 0.126. The number of fused-ring (bicyclic) bond motifs is 1. The molecule has 2 aromatic heterocycles. The Hall–Kier alpha value is -2.76. The van der Waals surface area contributed by atoms with Crippen molar-refractivity contribution in [3.8, 4) is 0 Å². The second-order valence-corrected chi connectivity index (χ2v) is 5.71. The first-order valence-electron chi connectivity index (χ1n) is 7.29. The van der Waals surface area contributed by atoms with Crippen molar-refractivity contribution in [3.63, 3.8) is 0 Å². The largest absolute Gasteiger partial charge is 0.319 e. The summed E-state index contributed by atoms with van der Waals surface area (Å²) in [6.07, 6.45) is 3.81. The molecule has 0 spiro atoms. The van der Waals surface area contributed by atoms with Crippen LogP contribution in [-0.4, -0.2) is 26.3 Å². The molecule has 6 nitrogen and oxygen atoms in total. The van der Waals surface area contributed by atoms with E-state index in [9.17, 15) is 4.79 Å². The SMILES string of the molecule is Cc1ccc2ncc(NC(=O)c3n[nH]nc3C3CC3)cc2c1. The first kappa shape index (κ1) is 12.9. The number of hydrogen-bond donors (Lipinski definition) is 2. The fourth-order valence-electron chi connectivity index (χ4n) is 2.56. The molecule has 3 aromatic rings. The maximum absolute atomic E-state index is 12.4. The number of aromatic amines is 1. The van der Waals surface area contributed by atoms with Gasteiger partial charge in [-0.05, 0) is 38.0 Å². The summed E-state index contributed by atoms with van der Waals surface area (Å²) in [4.78, 5) is 16.7. The molecule has 1 saturated carbocycles. The molecule has 0 atom stereocenters. The predicted octanol–water partition coefficient (Wildman–Crippen LogP) is 2.79. The molecule has 0 saturated heterocycles. The molecule has 1 aromatic carbocycles. The van der Waals surface area contributed by atoms with Gasteiger partial charge < -0.3 is 5.32 Å². The van der Waals surface area contributed by atoms with Gasteiger partial charge in [-0.1, -0.05) is 11.6 Å². The highest BCUT2D eigenvalue weighted by molar-refractivity contribution is 6.04. The summed E-state index contributed by atoms with van der Waals surface area (Å²) in [5.41, 5.74) is 3.87. The van der Waals surface area contributed by atoms with Crippen LogP contribution in [0.2, 0.25) is 0 Å². The molecule has 2 N–H and O–H groups in total. The van der Waals surface area contributed by atoms with Crippen LogP contribution in [0.1, 0.15) is 40.5 Å². The fraction of sp³-hybridized carbons (Fsp3) is 0.250. The van der Waals surface area contributed by atoms with E-state index >= 15 is 0 Å². The highest BCUT2D eigenvalue weighted by Gasteiger charge is 2.31. The second kappa shape index (κ2) is 4.91. The average molecular weight is 293 g/mol. The van der Waals surface area contributed by atoms with E-state index in [1.165, 1.54) is 0 Å². The molecule has 4 rings (SSSR count). The number of amides is 1. The molecule has 0 bridgehead atoms. The zero-order valence-corrected chi connectivity index (χ0v) is 12.1. The van der Waals surface area contributed by atoms with E-state index in [2.05, 4.69) is 25.7 Å². The fourth-order valence-corrected chi connectivity index (χ4v) is 2.56. The van der Waals surface area contributed by atoms with Crippen molar-refractivity contribution >= 4 is 22.5 Å². The molecule has 1 aliphatic carbocycles. The van der Waals surface area contributed by atoms with Crippen molar-refractivity contribution in [3.05, 3.63) is 47.4 Å². The Morgan fingerprint density at radius 1 is 1.27 bits per heavy atom. The molecule has 0 aliphatic heterocycles. The van der Waals surface area contributed by atoms with Gasteiger partial charge in [-0.3, -0.25) is 9.78 Å². The van der Waals surface area contributed by atoms with Gasteiger partial charge in [0.1, 0.15) is 0 Å². The van der Waals surface area contributed by atoms with Crippen molar-refractivity contribution in [1.82, 2.24) is 20.4 Å². The number of hydrogen-bond acceptors (Lipinski definition) is 4. The maximum Gasteiger partial charge on any atom is 0.278 e. The van der Waals surface area contributed by atoms with Crippen LogP contribution in [0.5, 0.6) is 0 Å². The van der Waals surface area contributed by atoms with E-state index in [4.69, 9.17) is 0 Å². The van der Waals surface area contributed by atoms with Gasteiger partial charge in [0, 0.05) is 11.3 Å². The van der Waals surface area contributed by atoms with E-state index < -0.39 is 0 Å². The Balaban J connectivity index is 1.62. The minimum atomic E-state index is -0.246. The topological polar surface area (TPSA) is 83.6 Å². The van der Waals surface area contributed by atoms with E-state index in [-0.39, 0.29) is 5.91 Å². The number of nitrogens with one attached hydrogen (secondary N) is 2. The lowest BCUT2D eigenvalue weighted by molar-refractivity contribution is 0.102. The van der Waals surface area contributed by atoms with Crippen LogP contribution >= 0.6 is 0 Å². The molecule has 110 valence electrons. The van der Waals surface area contributed by atoms with Crippen LogP contribution in [-0.2, 0) is 0 Å². The monoisotopic (exact) mass is 293 g/mol. The van der Waals surface area contributed by atoms with Crippen molar-refractivity contribution < 1.29 is 4.79 Å². The number of benzene rings is 1. The standard InChI is InChI=1S/C16H15N5O/c1-9-2-5-13-11(6-9)7-12(8-17-13)18-16(22)15-14(10-3-4-10)19-21-20-15/h2,5-8,10H,3-4H2,1H3,(H,18,22)(H,19,20,21). The summed E-state index contributed by atoms with van der Waals surface area (Å²) in [6, 6.07) is 7.96. The number of carbonyl (C=O) groups excluding carboxylic acids is 1. The van der Waals surface area contributed by atoms with Gasteiger partial charge in [0.05, 0.1) is 23.1 Å². The predicted molar refractivity (Wildman–Crippen MR) is 82.8 cm³/mol. The molecular weight excluding hydrogens is 278 g/mol. The van der Waals surface area contributed by atoms with Gasteiger partial charge in [-0.25, -0.2) is 0 Å². The zero-order valence-electron chi connectivity index (χ0n) is 12.1. The molecular formula is C16H15N5O. The summed E-state index contributed by atoms with van der Waals surface area (Å²) in [6.45, 7) is 2.03. The van der Waals surface area contributed by atoms with Crippen LogP contribution < -0.4 is 5.32 Å². The third-order valence-electron chi connectivity index (χ3n) is 3.85. The van der Waals surface area contributed by atoms with E-state index in [1.54, 1.807) is 6.20 Å². The summed E-state index contributed by atoms with van der Waals surface area (Å²) < 4.78 is 0. The Morgan fingerprint density at radius 2 is 2.14 bits per heavy atom. The van der Waals surface area contributed by atoms with Gasteiger partial charge in [0.25, 0.3) is 5.91 Å². The van der Waals surface area contributed by atoms with Crippen LogP contribution in [0, 0.1) is 6.92 Å². The molecule has 6 heteroatoms. The third kappa shape index (κ3) is 2.32. The van der Waals surface area contributed by atoms with Crippen molar-refractivity contribution in [2.24, 2.45) is 0 Å². The molecule has 0 unspecified atom stereocenters. The van der Waals surface area contributed by atoms with E-state index in [1.807, 2.05) is 31.2 Å². The third-order valence-corrected chi connectivity index (χ3v) is 3.85. The van der Waals surface area contributed by atoms with Gasteiger partial charge in [-0.2, -0.15) is 15.4 Å². The first-order valence-corrected chi connectivity index (χ1v) is 7.29. The Bertz CT molecular complexity index is 866.